The molecule has 4 atom stereocenters. The quantitative estimate of drug-likeness (QED) is 0.729. The molecule has 5 rings (SSSR count). The van der Waals surface area contributed by atoms with Gasteiger partial charge in [-0.05, 0) is 36.1 Å². The normalized spacial score (nSPS) is 38.1. The van der Waals surface area contributed by atoms with Gasteiger partial charge in [-0.15, -0.1) is 0 Å². The molecule has 2 nitrogen and oxygen atoms in total. The van der Waals surface area contributed by atoms with E-state index in [4.69, 9.17) is 9.47 Å². The van der Waals surface area contributed by atoms with Crippen LogP contribution in [0, 0.1) is 0 Å². The fraction of sp³-hybridized carbons (Fsp3) is 0.400. The van der Waals surface area contributed by atoms with Gasteiger partial charge in [0.1, 0.15) is 0 Å². The minimum absolute atomic E-state index is 0.205. The molecule has 0 N–H and O–H groups in total. The second-order valence-electron chi connectivity index (χ2n) is 7.12. The van der Waals surface area contributed by atoms with Gasteiger partial charge in [0, 0.05) is 11.8 Å². The number of ether oxygens (including phenoxy) is 2. The maximum Gasteiger partial charge on any atom is 0.0996 e. The maximum atomic E-state index is 6.14. The summed E-state index contributed by atoms with van der Waals surface area (Å²) in [6.07, 6.45) is 0. The third-order valence-corrected chi connectivity index (χ3v) is 6.17. The van der Waals surface area contributed by atoms with E-state index in [9.17, 15) is 0 Å². The Hall–Kier alpha value is -1.64. The molecule has 0 radical (unpaired) electrons. The van der Waals surface area contributed by atoms with Gasteiger partial charge in [-0.2, -0.15) is 0 Å². The van der Waals surface area contributed by atoms with Crippen LogP contribution in [0.1, 0.15) is 47.9 Å². The number of fused-ring (bicyclic) bond motifs is 8. The molecule has 0 aromatic heterocycles. The number of rotatable bonds is 0. The van der Waals surface area contributed by atoms with Gasteiger partial charge >= 0.3 is 0 Å². The Balaban J connectivity index is 1.82. The van der Waals surface area contributed by atoms with Gasteiger partial charge in [0.05, 0.1) is 24.4 Å². The standard InChI is InChI=1S/C20H20O2/c1-19-15-9-5-3-7-13(15)18-12-22-20(18,2)16-10-6-4-8-14(16)17(19)11-21-19/h3-10,17-18H,11-12H2,1-2H3. The lowest BCUT2D eigenvalue weighted by atomic mass is 9.62. The molecule has 2 saturated heterocycles. The summed E-state index contributed by atoms with van der Waals surface area (Å²) in [6, 6.07) is 17.6. The van der Waals surface area contributed by atoms with Crippen LogP contribution >= 0.6 is 0 Å². The molecule has 2 aromatic rings. The van der Waals surface area contributed by atoms with Crippen LogP contribution in [-0.4, -0.2) is 13.2 Å². The van der Waals surface area contributed by atoms with Gasteiger partial charge in [-0.25, -0.2) is 0 Å². The van der Waals surface area contributed by atoms with Crippen LogP contribution < -0.4 is 0 Å². The molecular weight excluding hydrogens is 272 g/mol. The molecule has 2 heteroatoms. The summed E-state index contributed by atoms with van der Waals surface area (Å²) in [5, 5.41) is 0. The Labute approximate surface area is 131 Å². The van der Waals surface area contributed by atoms with Gasteiger partial charge in [0.2, 0.25) is 0 Å². The van der Waals surface area contributed by atoms with Crippen molar-refractivity contribution in [1.29, 1.82) is 0 Å². The predicted molar refractivity (Wildman–Crippen MR) is 85.0 cm³/mol. The summed E-state index contributed by atoms with van der Waals surface area (Å²) in [4.78, 5) is 0. The Bertz CT molecular complexity index is 702. The highest BCUT2D eigenvalue weighted by Gasteiger charge is 2.56. The fourth-order valence-corrected chi connectivity index (χ4v) is 4.64. The molecule has 2 aromatic carbocycles. The Morgan fingerprint density at radius 3 is 1.50 bits per heavy atom. The summed E-state index contributed by atoms with van der Waals surface area (Å²) in [7, 11) is 0. The summed E-state index contributed by atoms with van der Waals surface area (Å²) >= 11 is 0. The number of benzene rings is 2. The average Bonchev–Trinajstić information content (AvgIpc) is 2.52. The van der Waals surface area contributed by atoms with Crippen LogP contribution in [0.3, 0.4) is 0 Å². The van der Waals surface area contributed by atoms with Crippen LogP contribution in [0.15, 0.2) is 48.5 Å². The van der Waals surface area contributed by atoms with E-state index in [0.29, 0.717) is 11.8 Å². The Kier molecular flexibility index (Phi) is 2.34. The minimum atomic E-state index is -0.205. The van der Waals surface area contributed by atoms with Gasteiger partial charge in [0.25, 0.3) is 0 Å². The Morgan fingerprint density at radius 2 is 1.14 bits per heavy atom. The molecule has 0 saturated carbocycles. The average molecular weight is 292 g/mol. The van der Waals surface area contributed by atoms with Crippen molar-refractivity contribution in [3.8, 4) is 0 Å². The van der Waals surface area contributed by atoms with E-state index in [2.05, 4.69) is 62.4 Å². The zero-order chi connectivity index (χ0) is 14.9. The Morgan fingerprint density at radius 1 is 0.727 bits per heavy atom. The maximum absolute atomic E-state index is 6.14. The lowest BCUT2D eigenvalue weighted by molar-refractivity contribution is -0.189. The topological polar surface area (TPSA) is 18.5 Å². The molecule has 22 heavy (non-hydrogen) atoms. The van der Waals surface area contributed by atoms with Crippen molar-refractivity contribution < 1.29 is 9.47 Å². The minimum Gasteiger partial charge on any atom is -0.369 e. The van der Waals surface area contributed by atoms with Crippen LogP contribution in [0.2, 0.25) is 0 Å². The summed E-state index contributed by atoms with van der Waals surface area (Å²) in [6.45, 7) is 6.09. The first-order valence-corrected chi connectivity index (χ1v) is 8.11. The molecule has 2 heterocycles. The second kappa shape index (κ2) is 4.01. The largest absolute Gasteiger partial charge is 0.369 e. The summed E-state index contributed by atoms with van der Waals surface area (Å²) in [5.74, 6) is 0.818. The van der Waals surface area contributed by atoms with Gasteiger partial charge in [0.15, 0.2) is 0 Å². The molecule has 4 unspecified atom stereocenters. The smallest absolute Gasteiger partial charge is 0.0996 e. The fourth-order valence-electron chi connectivity index (χ4n) is 4.64. The molecule has 0 amide bonds. The van der Waals surface area contributed by atoms with Crippen LogP contribution in [0.4, 0.5) is 0 Å². The zero-order valence-electron chi connectivity index (χ0n) is 13.0. The lowest BCUT2D eigenvalue weighted by Gasteiger charge is -2.56. The van der Waals surface area contributed by atoms with Gasteiger partial charge in [-0.3, -0.25) is 0 Å². The summed E-state index contributed by atoms with van der Waals surface area (Å²) < 4.78 is 12.3. The van der Waals surface area contributed by atoms with Crippen molar-refractivity contribution in [3.05, 3.63) is 70.8 Å². The zero-order valence-corrected chi connectivity index (χ0v) is 13.0. The molecule has 112 valence electrons. The van der Waals surface area contributed by atoms with Gasteiger partial charge < -0.3 is 9.47 Å². The predicted octanol–water partition coefficient (Wildman–Crippen LogP) is 4.06. The summed E-state index contributed by atoms with van der Waals surface area (Å²) in [5.41, 5.74) is 5.09. The molecule has 3 aliphatic rings. The highest BCUT2D eigenvalue weighted by Crippen LogP contribution is 2.59. The molecular formula is C20H20O2. The van der Waals surface area contributed by atoms with E-state index >= 15 is 0 Å². The first-order valence-electron chi connectivity index (χ1n) is 8.11. The van der Waals surface area contributed by atoms with Crippen molar-refractivity contribution in [1.82, 2.24) is 0 Å². The molecule has 0 bridgehead atoms. The van der Waals surface area contributed by atoms with Crippen molar-refractivity contribution in [2.75, 3.05) is 13.2 Å². The van der Waals surface area contributed by atoms with Crippen LogP contribution in [0.5, 0.6) is 0 Å². The third-order valence-electron chi connectivity index (χ3n) is 6.17. The first-order chi connectivity index (χ1) is 10.6. The van der Waals surface area contributed by atoms with Crippen molar-refractivity contribution in [2.45, 2.75) is 36.9 Å². The van der Waals surface area contributed by atoms with Gasteiger partial charge in [-0.1, -0.05) is 48.5 Å². The van der Waals surface area contributed by atoms with E-state index < -0.39 is 0 Å². The number of hydrogen-bond donors (Lipinski definition) is 0. The lowest BCUT2D eigenvalue weighted by Crippen LogP contribution is -2.54. The molecule has 2 fully saturated rings. The van der Waals surface area contributed by atoms with Crippen molar-refractivity contribution in [2.24, 2.45) is 0 Å². The number of hydrogen-bond acceptors (Lipinski definition) is 2. The SMILES string of the molecule is CC12OCC1c1ccccc1C1(C)OCC1c1ccccc12. The molecule has 0 spiro atoms. The highest BCUT2D eigenvalue weighted by atomic mass is 16.5. The molecule has 2 aliphatic heterocycles. The van der Waals surface area contributed by atoms with E-state index in [1.54, 1.807) is 0 Å². The van der Waals surface area contributed by atoms with Crippen molar-refractivity contribution >= 4 is 0 Å². The monoisotopic (exact) mass is 292 g/mol. The van der Waals surface area contributed by atoms with Crippen molar-refractivity contribution in [3.63, 3.8) is 0 Å². The van der Waals surface area contributed by atoms with Crippen LogP contribution in [-0.2, 0) is 20.7 Å². The third kappa shape index (κ3) is 1.34. The van der Waals surface area contributed by atoms with E-state index in [1.165, 1.54) is 22.3 Å². The first kappa shape index (κ1) is 12.9. The van der Waals surface area contributed by atoms with E-state index in [0.717, 1.165) is 13.2 Å². The van der Waals surface area contributed by atoms with E-state index in [-0.39, 0.29) is 11.2 Å². The van der Waals surface area contributed by atoms with E-state index in [1.807, 2.05) is 0 Å². The van der Waals surface area contributed by atoms with Crippen LogP contribution in [0.25, 0.3) is 0 Å². The second-order valence-corrected chi connectivity index (χ2v) is 7.12. The molecule has 1 aliphatic carbocycles. The highest BCUT2D eigenvalue weighted by molar-refractivity contribution is 5.50.